The maximum atomic E-state index is 11.9. The first-order valence-electron chi connectivity index (χ1n) is 5.12. The van der Waals surface area contributed by atoms with Gasteiger partial charge in [0, 0.05) is 28.9 Å². The van der Waals surface area contributed by atoms with Crippen molar-refractivity contribution in [1.82, 2.24) is 4.90 Å². The van der Waals surface area contributed by atoms with Crippen molar-refractivity contribution in [2.24, 2.45) is 0 Å². The zero-order valence-electron chi connectivity index (χ0n) is 9.15. The SMILES string of the molecule is C#CCN(CC#C)C(=O)C[C@H]1CSCCS1. The molecule has 0 aliphatic carbocycles. The summed E-state index contributed by atoms with van der Waals surface area (Å²) in [6.07, 6.45) is 11.0. The van der Waals surface area contributed by atoms with Crippen molar-refractivity contribution in [1.29, 1.82) is 0 Å². The van der Waals surface area contributed by atoms with Gasteiger partial charge < -0.3 is 4.90 Å². The summed E-state index contributed by atoms with van der Waals surface area (Å²) in [5.74, 6) is 8.39. The Morgan fingerprint density at radius 3 is 2.50 bits per heavy atom. The molecule has 0 spiro atoms. The van der Waals surface area contributed by atoms with E-state index >= 15 is 0 Å². The zero-order valence-corrected chi connectivity index (χ0v) is 10.8. The van der Waals surface area contributed by atoms with Gasteiger partial charge in [-0.1, -0.05) is 11.8 Å². The minimum absolute atomic E-state index is 0.0795. The van der Waals surface area contributed by atoms with Gasteiger partial charge in [-0.25, -0.2) is 0 Å². The van der Waals surface area contributed by atoms with Gasteiger partial charge in [-0.2, -0.15) is 23.5 Å². The number of thioether (sulfide) groups is 2. The Bertz CT molecular complexity index is 294. The summed E-state index contributed by atoms with van der Waals surface area (Å²) in [6, 6.07) is 0. The monoisotopic (exact) mass is 253 g/mol. The Labute approximate surface area is 106 Å². The molecule has 0 radical (unpaired) electrons. The molecule has 1 atom stereocenters. The molecule has 1 rings (SSSR count). The topological polar surface area (TPSA) is 20.3 Å². The molecule has 0 aromatic rings. The van der Waals surface area contributed by atoms with Crippen LogP contribution in [-0.4, -0.2) is 46.4 Å². The van der Waals surface area contributed by atoms with Crippen molar-refractivity contribution >= 4 is 29.4 Å². The summed E-state index contributed by atoms with van der Waals surface area (Å²) in [5, 5.41) is 0.421. The van der Waals surface area contributed by atoms with Crippen molar-refractivity contribution in [3.63, 3.8) is 0 Å². The normalized spacial score (nSPS) is 19.5. The van der Waals surface area contributed by atoms with E-state index in [0.29, 0.717) is 24.8 Å². The second-order valence-electron chi connectivity index (χ2n) is 3.43. The van der Waals surface area contributed by atoms with E-state index in [-0.39, 0.29) is 5.91 Å². The molecule has 1 fully saturated rings. The van der Waals surface area contributed by atoms with Crippen LogP contribution in [0.25, 0.3) is 0 Å². The summed E-state index contributed by atoms with van der Waals surface area (Å²) in [7, 11) is 0. The number of nitrogens with zero attached hydrogens (tertiary/aromatic N) is 1. The summed E-state index contributed by atoms with van der Waals surface area (Å²) < 4.78 is 0. The molecule has 0 unspecified atom stereocenters. The molecule has 0 bridgehead atoms. The van der Waals surface area contributed by atoms with E-state index in [1.807, 2.05) is 23.5 Å². The number of terminal acetylenes is 2. The van der Waals surface area contributed by atoms with E-state index < -0.39 is 0 Å². The Kier molecular flexibility index (Phi) is 6.30. The molecular weight excluding hydrogens is 238 g/mol. The first-order chi connectivity index (χ1) is 7.77. The molecule has 0 aromatic carbocycles. The molecule has 2 nitrogen and oxygen atoms in total. The lowest BCUT2D eigenvalue weighted by molar-refractivity contribution is -0.129. The molecule has 86 valence electrons. The number of hydrogen-bond acceptors (Lipinski definition) is 3. The van der Waals surface area contributed by atoms with Gasteiger partial charge in [-0.05, 0) is 0 Å². The Morgan fingerprint density at radius 1 is 1.31 bits per heavy atom. The summed E-state index contributed by atoms with van der Waals surface area (Å²) in [5.41, 5.74) is 0. The molecule has 1 amide bonds. The van der Waals surface area contributed by atoms with E-state index in [2.05, 4.69) is 11.8 Å². The molecule has 0 saturated carbocycles. The highest BCUT2D eigenvalue weighted by Gasteiger charge is 2.20. The third-order valence-electron chi connectivity index (χ3n) is 2.20. The molecule has 1 heterocycles. The number of hydrogen-bond donors (Lipinski definition) is 0. The molecule has 1 saturated heterocycles. The lowest BCUT2D eigenvalue weighted by atomic mass is 10.3. The van der Waals surface area contributed by atoms with Crippen molar-refractivity contribution in [2.45, 2.75) is 11.7 Å². The Hall–Kier alpha value is -0.710. The molecule has 1 aliphatic heterocycles. The average molecular weight is 253 g/mol. The quantitative estimate of drug-likeness (QED) is 0.705. The van der Waals surface area contributed by atoms with Crippen LogP contribution < -0.4 is 0 Å². The number of amides is 1. The molecule has 4 heteroatoms. The van der Waals surface area contributed by atoms with Gasteiger partial charge in [0.15, 0.2) is 0 Å². The maximum absolute atomic E-state index is 11.9. The molecular formula is C12H15NOS2. The third kappa shape index (κ3) is 4.43. The predicted molar refractivity (Wildman–Crippen MR) is 72.4 cm³/mol. The number of carbonyl (C=O) groups is 1. The van der Waals surface area contributed by atoms with Crippen molar-refractivity contribution < 1.29 is 4.79 Å². The highest BCUT2D eigenvalue weighted by Crippen LogP contribution is 2.26. The van der Waals surface area contributed by atoms with Gasteiger partial charge in [0.05, 0.1) is 13.1 Å². The van der Waals surface area contributed by atoms with Crippen molar-refractivity contribution in [3.05, 3.63) is 0 Å². The van der Waals surface area contributed by atoms with Crippen LogP contribution in [0.3, 0.4) is 0 Å². The maximum Gasteiger partial charge on any atom is 0.225 e. The zero-order chi connectivity index (χ0) is 11.8. The molecule has 1 aliphatic rings. The van der Waals surface area contributed by atoms with Gasteiger partial charge in [-0.3, -0.25) is 4.79 Å². The number of carbonyl (C=O) groups excluding carboxylic acids is 1. The van der Waals surface area contributed by atoms with E-state index in [0.717, 1.165) is 11.5 Å². The van der Waals surface area contributed by atoms with E-state index in [1.54, 1.807) is 4.90 Å². The van der Waals surface area contributed by atoms with Crippen LogP contribution >= 0.6 is 23.5 Å². The molecule has 16 heavy (non-hydrogen) atoms. The first kappa shape index (κ1) is 13.4. The van der Waals surface area contributed by atoms with Gasteiger partial charge in [0.1, 0.15) is 0 Å². The van der Waals surface area contributed by atoms with Crippen LogP contribution in [0.5, 0.6) is 0 Å². The lowest BCUT2D eigenvalue weighted by Gasteiger charge is -2.24. The predicted octanol–water partition coefficient (Wildman–Crippen LogP) is 1.32. The Morgan fingerprint density at radius 2 is 2.00 bits per heavy atom. The summed E-state index contributed by atoms with van der Waals surface area (Å²) >= 11 is 3.78. The van der Waals surface area contributed by atoms with Crippen LogP contribution in [0.15, 0.2) is 0 Å². The van der Waals surface area contributed by atoms with E-state index in [4.69, 9.17) is 12.8 Å². The Balaban J connectivity index is 2.41. The summed E-state index contributed by atoms with van der Waals surface area (Å²) in [4.78, 5) is 13.5. The minimum atomic E-state index is 0.0795. The van der Waals surface area contributed by atoms with E-state index in [1.165, 1.54) is 5.75 Å². The van der Waals surface area contributed by atoms with Gasteiger partial charge in [0.25, 0.3) is 0 Å². The third-order valence-corrected chi connectivity index (χ3v) is 5.05. The van der Waals surface area contributed by atoms with Crippen molar-refractivity contribution in [3.8, 4) is 24.7 Å². The fraction of sp³-hybridized carbons (Fsp3) is 0.583. The first-order valence-corrected chi connectivity index (χ1v) is 7.32. The standard InChI is InChI=1S/C12H15NOS2/c1-3-5-13(6-4-2)12(14)9-11-10-15-7-8-16-11/h1-2,11H,5-10H2/t11-/m0/s1. The van der Waals surface area contributed by atoms with E-state index in [9.17, 15) is 4.79 Å². The average Bonchev–Trinajstić information content (AvgIpc) is 2.30. The van der Waals surface area contributed by atoms with Crippen LogP contribution in [0.1, 0.15) is 6.42 Å². The largest absolute Gasteiger partial charge is 0.320 e. The number of rotatable bonds is 4. The highest BCUT2D eigenvalue weighted by molar-refractivity contribution is 8.06. The van der Waals surface area contributed by atoms with Crippen LogP contribution in [0.4, 0.5) is 0 Å². The highest BCUT2D eigenvalue weighted by atomic mass is 32.2. The van der Waals surface area contributed by atoms with Crippen LogP contribution in [0.2, 0.25) is 0 Å². The smallest absolute Gasteiger partial charge is 0.225 e. The molecule has 0 aromatic heterocycles. The summed E-state index contributed by atoms with van der Waals surface area (Å²) in [6.45, 7) is 0.626. The van der Waals surface area contributed by atoms with Crippen molar-refractivity contribution in [2.75, 3.05) is 30.3 Å². The fourth-order valence-corrected chi connectivity index (χ4v) is 4.10. The fourth-order valence-electron chi connectivity index (χ4n) is 1.43. The second-order valence-corrected chi connectivity index (χ2v) is 5.99. The lowest BCUT2D eigenvalue weighted by Crippen LogP contribution is -2.34. The van der Waals surface area contributed by atoms with Gasteiger partial charge in [-0.15, -0.1) is 12.8 Å². The van der Waals surface area contributed by atoms with Crippen LogP contribution in [-0.2, 0) is 4.79 Å². The van der Waals surface area contributed by atoms with Gasteiger partial charge in [0.2, 0.25) is 5.91 Å². The van der Waals surface area contributed by atoms with Crippen LogP contribution in [0, 0.1) is 24.7 Å². The van der Waals surface area contributed by atoms with Gasteiger partial charge >= 0.3 is 0 Å². The second kappa shape index (κ2) is 7.54. The minimum Gasteiger partial charge on any atom is -0.320 e. The molecule has 0 N–H and O–H groups in total.